The third kappa shape index (κ3) is 5.65. The second-order valence-corrected chi connectivity index (χ2v) is 7.97. The monoisotopic (exact) mass is 444 g/mol. The maximum atomic E-state index is 10.0. The third-order valence-electron chi connectivity index (χ3n) is 5.65. The van der Waals surface area contributed by atoms with E-state index in [2.05, 4.69) is 32.0 Å². The number of β-amino-alcohol motifs (C(OH)–C–C–N with tert-alkyl or cyclic N) is 1. The highest BCUT2D eigenvalue weighted by Gasteiger charge is 2.25. The molecule has 1 aliphatic rings. The van der Waals surface area contributed by atoms with Crippen molar-refractivity contribution in [1.82, 2.24) is 20.6 Å². The molecule has 8 heteroatoms. The molecule has 1 aromatic heterocycles. The molecule has 3 aromatic rings. The molecular weight excluding hydrogens is 416 g/mol. The van der Waals surface area contributed by atoms with Crippen molar-refractivity contribution in [2.45, 2.75) is 24.7 Å². The van der Waals surface area contributed by atoms with Crippen molar-refractivity contribution < 1.29 is 9.84 Å². The summed E-state index contributed by atoms with van der Waals surface area (Å²) >= 11 is 0. The Labute approximate surface area is 193 Å². The molecule has 1 saturated heterocycles. The van der Waals surface area contributed by atoms with Gasteiger partial charge >= 0.3 is 0 Å². The number of nitriles is 1. The standard InChI is InChI=1S/C25H28N6O2/c1-27-11-10-24(17-5-3-2-4-6-17)33-23-8-7-18(13-19(23)14-26)20-9-12-29-25(30-20)31-21-15-28-16-22(21)32/h2-9,12-13,21-22,24,27-28,32H,10-11,15-16H2,1H3,(H,29,30,31)/t21?,22-,24+/m1/s1. The van der Waals surface area contributed by atoms with Gasteiger partial charge in [-0.2, -0.15) is 5.26 Å². The fourth-order valence-corrected chi connectivity index (χ4v) is 3.84. The van der Waals surface area contributed by atoms with Crippen molar-refractivity contribution in [3.8, 4) is 23.1 Å². The topological polar surface area (TPSA) is 115 Å². The van der Waals surface area contributed by atoms with Gasteiger partial charge in [-0.1, -0.05) is 30.3 Å². The van der Waals surface area contributed by atoms with Crippen LogP contribution in [0.5, 0.6) is 5.75 Å². The van der Waals surface area contributed by atoms with Crippen LogP contribution in [0.3, 0.4) is 0 Å². The Morgan fingerprint density at radius 3 is 2.79 bits per heavy atom. The summed E-state index contributed by atoms with van der Waals surface area (Å²) in [5.74, 6) is 0.981. The van der Waals surface area contributed by atoms with Crippen LogP contribution in [0.15, 0.2) is 60.8 Å². The van der Waals surface area contributed by atoms with E-state index in [-0.39, 0.29) is 12.1 Å². The first kappa shape index (κ1) is 22.7. The quantitative estimate of drug-likeness (QED) is 0.398. The number of aliphatic hydroxyl groups is 1. The van der Waals surface area contributed by atoms with Gasteiger partial charge in [0.2, 0.25) is 5.95 Å². The summed E-state index contributed by atoms with van der Waals surface area (Å²) in [7, 11) is 1.91. The number of anilines is 1. The van der Waals surface area contributed by atoms with Crippen molar-refractivity contribution in [2.24, 2.45) is 0 Å². The zero-order valence-electron chi connectivity index (χ0n) is 18.5. The van der Waals surface area contributed by atoms with Gasteiger partial charge in [-0.15, -0.1) is 0 Å². The van der Waals surface area contributed by atoms with Crippen molar-refractivity contribution in [2.75, 3.05) is 32.0 Å². The fourth-order valence-electron chi connectivity index (χ4n) is 3.84. The predicted octanol–water partition coefficient (Wildman–Crippen LogP) is 2.49. The molecular formula is C25H28N6O2. The zero-order valence-corrected chi connectivity index (χ0v) is 18.5. The third-order valence-corrected chi connectivity index (χ3v) is 5.65. The highest BCUT2D eigenvalue weighted by atomic mass is 16.5. The summed E-state index contributed by atoms with van der Waals surface area (Å²) in [5.41, 5.74) is 2.99. The van der Waals surface area contributed by atoms with E-state index >= 15 is 0 Å². The molecule has 2 heterocycles. The van der Waals surface area contributed by atoms with Crippen LogP contribution in [0.1, 0.15) is 23.7 Å². The summed E-state index contributed by atoms with van der Waals surface area (Å²) < 4.78 is 6.30. The van der Waals surface area contributed by atoms with Gasteiger partial charge in [-0.05, 0) is 43.4 Å². The van der Waals surface area contributed by atoms with Gasteiger partial charge < -0.3 is 25.8 Å². The smallest absolute Gasteiger partial charge is 0.223 e. The lowest BCUT2D eigenvalue weighted by molar-refractivity contribution is 0.185. The molecule has 1 aliphatic heterocycles. The Morgan fingerprint density at radius 2 is 2.06 bits per heavy atom. The van der Waals surface area contributed by atoms with E-state index in [1.807, 2.05) is 49.5 Å². The van der Waals surface area contributed by atoms with Gasteiger partial charge in [0.05, 0.1) is 23.4 Å². The summed E-state index contributed by atoms with van der Waals surface area (Å²) in [5, 5.41) is 29.3. The normalized spacial score (nSPS) is 18.5. The van der Waals surface area contributed by atoms with Crippen molar-refractivity contribution in [3.63, 3.8) is 0 Å². The maximum absolute atomic E-state index is 10.0. The number of aromatic nitrogens is 2. The molecule has 0 aliphatic carbocycles. The Hall–Kier alpha value is -3.51. The van der Waals surface area contributed by atoms with E-state index in [1.165, 1.54) is 0 Å². The van der Waals surface area contributed by atoms with E-state index in [0.29, 0.717) is 36.0 Å². The summed E-state index contributed by atoms with van der Waals surface area (Å²) in [6, 6.07) is 19.4. The number of nitrogens with one attached hydrogen (secondary N) is 3. The molecule has 0 saturated carbocycles. The number of hydrogen-bond donors (Lipinski definition) is 4. The molecule has 170 valence electrons. The van der Waals surface area contributed by atoms with E-state index < -0.39 is 6.10 Å². The van der Waals surface area contributed by atoms with Crippen LogP contribution in [0.4, 0.5) is 5.95 Å². The van der Waals surface area contributed by atoms with Crippen molar-refractivity contribution in [3.05, 3.63) is 71.9 Å². The van der Waals surface area contributed by atoms with Crippen LogP contribution in [0.25, 0.3) is 11.3 Å². The average Bonchev–Trinajstić information content (AvgIpc) is 3.26. The minimum atomic E-state index is -0.487. The van der Waals surface area contributed by atoms with Crippen molar-refractivity contribution >= 4 is 5.95 Å². The highest BCUT2D eigenvalue weighted by Crippen LogP contribution is 2.30. The second-order valence-electron chi connectivity index (χ2n) is 7.97. The minimum absolute atomic E-state index is 0.141. The van der Waals surface area contributed by atoms with E-state index in [0.717, 1.165) is 24.1 Å². The number of ether oxygens (including phenoxy) is 1. The van der Waals surface area contributed by atoms with E-state index in [1.54, 1.807) is 18.3 Å². The average molecular weight is 445 g/mol. The summed E-state index contributed by atoms with van der Waals surface area (Å²) in [4.78, 5) is 8.84. The lowest BCUT2D eigenvalue weighted by Crippen LogP contribution is -2.32. The maximum Gasteiger partial charge on any atom is 0.223 e. The van der Waals surface area contributed by atoms with Gasteiger partial charge in [-0.3, -0.25) is 0 Å². The number of nitrogens with zero attached hydrogens (tertiary/aromatic N) is 3. The molecule has 2 aromatic carbocycles. The van der Waals surface area contributed by atoms with Gasteiger partial charge in [0.15, 0.2) is 0 Å². The second kappa shape index (κ2) is 10.9. The first-order chi connectivity index (χ1) is 16.2. The molecule has 1 fully saturated rings. The molecule has 0 radical (unpaired) electrons. The SMILES string of the molecule is CNCC[C@H](Oc1ccc(-c2ccnc(NC3CNC[C@H]3O)n2)cc1C#N)c1ccccc1. The van der Waals surface area contributed by atoms with E-state index in [9.17, 15) is 10.4 Å². The highest BCUT2D eigenvalue weighted by molar-refractivity contribution is 5.65. The van der Waals surface area contributed by atoms with Gasteiger partial charge in [0.25, 0.3) is 0 Å². The molecule has 0 spiro atoms. The lowest BCUT2D eigenvalue weighted by atomic mass is 10.0. The molecule has 8 nitrogen and oxygen atoms in total. The molecule has 0 bridgehead atoms. The number of hydrogen-bond acceptors (Lipinski definition) is 8. The molecule has 33 heavy (non-hydrogen) atoms. The first-order valence-corrected chi connectivity index (χ1v) is 11.1. The number of rotatable bonds is 9. The molecule has 1 unspecified atom stereocenters. The Balaban J connectivity index is 1.55. The van der Waals surface area contributed by atoms with Crippen LogP contribution in [0.2, 0.25) is 0 Å². The van der Waals surface area contributed by atoms with Crippen LogP contribution in [-0.4, -0.2) is 53.9 Å². The van der Waals surface area contributed by atoms with Crippen LogP contribution >= 0.6 is 0 Å². The summed E-state index contributed by atoms with van der Waals surface area (Å²) in [6.45, 7) is 1.99. The molecule has 4 rings (SSSR count). The summed E-state index contributed by atoms with van der Waals surface area (Å²) in [6.07, 6.45) is 1.78. The van der Waals surface area contributed by atoms with Gasteiger partial charge in [-0.25, -0.2) is 9.97 Å². The molecule has 0 amide bonds. The van der Waals surface area contributed by atoms with Gasteiger partial charge in [0.1, 0.15) is 17.9 Å². The largest absolute Gasteiger partial charge is 0.484 e. The molecule has 4 N–H and O–H groups in total. The number of aliphatic hydroxyl groups excluding tert-OH is 1. The fraction of sp³-hybridized carbons (Fsp3) is 0.320. The Bertz CT molecular complexity index is 1100. The Kier molecular flexibility index (Phi) is 7.47. The first-order valence-electron chi connectivity index (χ1n) is 11.1. The Morgan fingerprint density at radius 1 is 1.21 bits per heavy atom. The van der Waals surface area contributed by atoms with Crippen LogP contribution in [-0.2, 0) is 0 Å². The molecule has 3 atom stereocenters. The van der Waals surface area contributed by atoms with Crippen LogP contribution in [0, 0.1) is 11.3 Å². The lowest BCUT2D eigenvalue weighted by Gasteiger charge is -2.20. The predicted molar refractivity (Wildman–Crippen MR) is 127 cm³/mol. The number of benzene rings is 2. The zero-order chi connectivity index (χ0) is 23.0. The minimum Gasteiger partial charge on any atom is -0.484 e. The van der Waals surface area contributed by atoms with Crippen molar-refractivity contribution in [1.29, 1.82) is 5.26 Å². The van der Waals surface area contributed by atoms with Gasteiger partial charge in [0, 0.05) is 31.3 Å². The van der Waals surface area contributed by atoms with Crippen LogP contribution < -0.4 is 20.7 Å². The van der Waals surface area contributed by atoms with E-state index in [4.69, 9.17) is 4.74 Å².